The van der Waals surface area contributed by atoms with Gasteiger partial charge in [0.1, 0.15) is 5.75 Å². The van der Waals surface area contributed by atoms with Gasteiger partial charge in [0.15, 0.2) is 5.78 Å². The van der Waals surface area contributed by atoms with E-state index in [0.29, 0.717) is 23.5 Å². The molecule has 1 aromatic rings. The van der Waals surface area contributed by atoms with Crippen molar-refractivity contribution in [2.75, 3.05) is 6.61 Å². The van der Waals surface area contributed by atoms with Gasteiger partial charge in [0.2, 0.25) is 0 Å². The molecule has 0 heterocycles. The van der Waals surface area contributed by atoms with E-state index < -0.39 is 0 Å². The number of nitrogens with zero attached hydrogens (tertiary/aromatic N) is 1. The summed E-state index contributed by atoms with van der Waals surface area (Å²) >= 11 is 0. The minimum atomic E-state index is -0.0366. The van der Waals surface area contributed by atoms with Crippen LogP contribution < -0.4 is 4.74 Å². The molecule has 0 bridgehead atoms. The molecular weight excluding hydrogens is 238 g/mol. The van der Waals surface area contributed by atoms with E-state index in [4.69, 9.17) is 10.00 Å². The Kier molecular flexibility index (Phi) is 6.67. The number of hydrogen-bond acceptors (Lipinski definition) is 3. The monoisotopic (exact) mass is 259 g/mol. The maximum atomic E-state index is 11.5. The third-order valence-electron chi connectivity index (χ3n) is 3.00. The standard InChI is InChI=1S/C16H21NO2/c1-3-4-5-6-7-10-19-16-11-14(12-17)8-9-15(16)13(2)18/h8-9,11H,3-7,10H2,1-2H3. The molecule has 0 aliphatic rings. The van der Waals surface area contributed by atoms with Crippen LogP contribution in [0.1, 0.15) is 61.9 Å². The Hall–Kier alpha value is -1.82. The van der Waals surface area contributed by atoms with E-state index in [1.807, 2.05) is 0 Å². The summed E-state index contributed by atoms with van der Waals surface area (Å²) in [4.78, 5) is 11.5. The number of carbonyl (C=O) groups is 1. The molecule has 0 amide bonds. The zero-order valence-corrected chi connectivity index (χ0v) is 11.7. The quantitative estimate of drug-likeness (QED) is 0.521. The zero-order chi connectivity index (χ0) is 14.1. The van der Waals surface area contributed by atoms with E-state index in [0.717, 1.165) is 12.8 Å². The Labute approximate surface area is 115 Å². The van der Waals surface area contributed by atoms with Crippen molar-refractivity contribution >= 4 is 5.78 Å². The zero-order valence-electron chi connectivity index (χ0n) is 11.7. The van der Waals surface area contributed by atoms with Crippen LogP contribution in [0.25, 0.3) is 0 Å². The molecule has 0 saturated carbocycles. The summed E-state index contributed by atoms with van der Waals surface area (Å²) in [6, 6.07) is 7.01. The molecule has 19 heavy (non-hydrogen) atoms. The van der Waals surface area contributed by atoms with Crippen molar-refractivity contribution in [1.29, 1.82) is 5.26 Å². The van der Waals surface area contributed by atoms with Crippen LogP contribution in [-0.4, -0.2) is 12.4 Å². The van der Waals surface area contributed by atoms with Crippen LogP contribution in [0.2, 0.25) is 0 Å². The second-order valence-corrected chi connectivity index (χ2v) is 4.64. The van der Waals surface area contributed by atoms with Gasteiger partial charge in [0.05, 0.1) is 23.8 Å². The van der Waals surface area contributed by atoms with Gasteiger partial charge in [-0.15, -0.1) is 0 Å². The molecule has 1 rings (SSSR count). The summed E-state index contributed by atoms with van der Waals surface area (Å²) in [5, 5.41) is 8.87. The fourth-order valence-corrected chi connectivity index (χ4v) is 1.89. The highest BCUT2D eigenvalue weighted by molar-refractivity contribution is 5.97. The van der Waals surface area contributed by atoms with Crippen molar-refractivity contribution in [3.8, 4) is 11.8 Å². The van der Waals surface area contributed by atoms with E-state index in [1.165, 1.54) is 26.2 Å². The first-order valence-corrected chi connectivity index (χ1v) is 6.87. The van der Waals surface area contributed by atoms with Gasteiger partial charge in [0, 0.05) is 0 Å². The molecule has 0 N–H and O–H groups in total. The summed E-state index contributed by atoms with van der Waals surface area (Å²) in [6.45, 7) is 4.29. The van der Waals surface area contributed by atoms with E-state index >= 15 is 0 Å². The molecule has 0 atom stereocenters. The van der Waals surface area contributed by atoms with E-state index in [-0.39, 0.29) is 5.78 Å². The SMILES string of the molecule is CCCCCCCOc1cc(C#N)ccc1C(C)=O. The highest BCUT2D eigenvalue weighted by Crippen LogP contribution is 2.21. The Balaban J connectivity index is 2.56. The molecule has 3 nitrogen and oxygen atoms in total. The van der Waals surface area contributed by atoms with Crippen LogP contribution in [0.4, 0.5) is 0 Å². The molecule has 0 spiro atoms. The van der Waals surface area contributed by atoms with Crippen LogP contribution in [-0.2, 0) is 0 Å². The number of nitriles is 1. The number of Topliss-reactive ketones (excluding diaryl/α,β-unsaturated/α-hetero) is 1. The largest absolute Gasteiger partial charge is 0.493 e. The van der Waals surface area contributed by atoms with E-state index in [1.54, 1.807) is 18.2 Å². The van der Waals surface area contributed by atoms with Crippen molar-refractivity contribution in [1.82, 2.24) is 0 Å². The lowest BCUT2D eigenvalue weighted by atomic mass is 10.1. The normalized spacial score (nSPS) is 9.95. The molecule has 102 valence electrons. The van der Waals surface area contributed by atoms with Crippen LogP contribution in [0, 0.1) is 11.3 Å². The van der Waals surface area contributed by atoms with Crippen LogP contribution in [0.3, 0.4) is 0 Å². The van der Waals surface area contributed by atoms with Crippen molar-refractivity contribution in [3.05, 3.63) is 29.3 Å². The summed E-state index contributed by atoms with van der Waals surface area (Å²) in [6.07, 6.45) is 5.81. The Morgan fingerprint density at radius 1 is 1.26 bits per heavy atom. The Morgan fingerprint density at radius 2 is 2.00 bits per heavy atom. The first-order valence-electron chi connectivity index (χ1n) is 6.87. The second-order valence-electron chi connectivity index (χ2n) is 4.64. The van der Waals surface area contributed by atoms with E-state index in [9.17, 15) is 4.79 Å². The molecule has 0 aliphatic carbocycles. The fraction of sp³-hybridized carbons (Fsp3) is 0.500. The third kappa shape index (κ3) is 5.13. The lowest BCUT2D eigenvalue weighted by Crippen LogP contribution is -2.03. The van der Waals surface area contributed by atoms with Gasteiger partial charge in [-0.2, -0.15) is 5.26 Å². The number of rotatable bonds is 8. The average molecular weight is 259 g/mol. The summed E-state index contributed by atoms with van der Waals surface area (Å²) in [5.74, 6) is 0.493. The van der Waals surface area contributed by atoms with Gasteiger partial charge < -0.3 is 4.74 Å². The Bertz CT molecular complexity index is 460. The van der Waals surface area contributed by atoms with Gasteiger partial charge in [-0.05, 0) is 31.5 Å². The molecule has 0 aromatic heterocycles. The number of ketones is 1. The van der Waals surface area contributed by atoms with Crippen molar-refractivity contribution < 1.29 is 9.53 Å². The molecule has 0 unspecified atom stereocenters. The fourth-order valence-electron chi connectivity index (χ4n) is 1.89. The molecule has 0 radical (unpaired) electrons. The smallest absolute Gasteiger partial charge is 0.163 e. The highest BCUT2D eigenvalue weighted by Gasteiger charge is 2.09. The van der Waals surface area contributed by atoms with Gasteiger partial charge in [-0.1, -0.05) is 32.6 Å². The number of ether oxygens (including phenoxy) is 1. The number of unbranched alkanes of at least 4 members (excludes halogenated alkanes) is 4. The lowest BCUT2D eigenvalue weighted by molar-refractivity contribution is 0.101. The molecule has 0 fully saturated rings. The summed E-state index contributed by atoms with van der Waals surface area (Å²) in [5.41, 5.74) is 1.07. The van der Waals surface area contributed by atoms with Gasteiger partial charge in [0.25, 0.3) is 0 Å². The van der Waals surface area contributed by atoms with Crippen LogP contribution >= 0.6 is 0 Å². The number of hydrogen-bond donors (Lipinski definition) is 0. The minimum Gasteiger partial charge on any atom is -0.493 e. The number of carbonyl (C=O) groups excluding carboxylic acids is 1. The topological polar surface area (TPSA) is 50.1 Å². The van der Waals surface area contributed by atoms with Crippen LogP contribution in [0.15, 0.2) is 18.2 Å². The number of benzene rings is 1. The molecule has 3 heteroatoms. The summed E-state index contributed by atoms with van der Waals surface area (Å²) in [7, 11) is 0. The third-order valence-corrected chi connectivity index (χ3v) is 3.00. The van der Waals surface area contributed by atoms with Crippen molar-refractivity contribution in [2.45, 2.75) is 46.0 Å². The van der Waals surface area contributed by atoms with Crippen molar-refractivity contribution in [2.24, 2.45) is 0 Å². The lowest BCUT2D eigenvalue weighted by Gasteiger charge is -2.10. The maximum absolute atomic E-state index is 11.5. The maximum Gasteiger partial charge on any atom is 0.163 e. The van der Waals surface area contributed by atoms with Gasteiger partial charge >= 0.3 is 0 Å². The van der Waals surface area contributed by atoms with Gasteiger partial charge in [-0.25, -0.2) is 0 Å². The first-order chi connectivity index (χ1) is 9.19. The highest BCUT2D eigenvalue weighted by atomic mass is 16.5. The predicted octanol–water partition coefficient (Wildman–Crippen LogP) is 4.11. The predicted molar refractivity (Wildman–Crippen MR) is 75.4 cm³/mol. The molecule has 0 aliphatic heterocycles. The molecule has 0 saturated heterocycles. The minimum absolute atomic E-state index is 0.0366. The molecular formula is C16H21NO2. The molecule has 1 aromatic carbocycles. The average Bonchev–Trinajstić information content (AvgIpc) is 2.42. The van der Waals surface area contributed by atoms with Gasteiger partial charge in [-0.3, -0.25) is 4.79 Å². The van der Waals surface area contributed by atoms with Crippen molar-refractivity contribution in [3.63, 3.8) is 0 Å². The second kappa shape index (κ2) is 8.31. The van der Waals surface area contributed by atoms with E-state index in [2.05, 4.69) is 13.0 Å². The summed E-state index contributed by atoms with van der Waals surface area (Å²) < 4.78 is 5.65. The first kappa shape index (κ1) is 15.2. The Morgan fingerprint density at radius 3 is 2.63 bits per heavy atom. The van der Waals surface area contributed by atoms with Crippen LogP contribution in [0.5, 0.6) is 5.75 Å².